The van der Waals surface area contributed by atoms with Crippen LogP contribution in [0.1, 0.15) is 40.5 Å². The first-order valence-electron chi connectivity index (χ1n) is 8.57. The molecule has 0 aromatic heterocycles. The number of nitrogens with zero attached hydrogens (tertiary/aromatic N) is 2. The molecule has 0 saturated heterocycles. The van der Waals surface area contributed by atoms with Crippen LogP contribution in [0.2, 0.25) is 0 Å². The van der Waals surface area contributed by atoms with Crippen molar-refractivity contribution in [3.8, 4) is 0 Å². The van der Waals surface area contributed by atoms with E-state index >= 15 is 0 Å². The van der Waals surface area contributed by atoms with Gasteiger partial charge in [-0.2, -0.15) is 0 Å². The average Bonchev–Trinajstić information content (AvgIpc) is 2.59. The number of hydrogen-bond donors (Lipinski definition) is 2. The van der Waals surface area contributed by atoms with Gasteiger partial charge in [-0.15, -0.1) is 0 Å². The molecule has 140 valence electrons. The van der Waals surface area contributed by atoms with Crippen molar-refractivity contribution in [1.29, 1.82) is 0 Å². The predicted octanol–water partition coefficient (Wildman–Crippen LogP) is 1.95. The van der Waals surface area contributed by atoms with Crippen LogP contribution in [0.5, 0.6) is 0 Å². The topological polar surface area (TPSA) is 64.7 Å². The van der Waals surface area contributed by atoms with Crippen molar-refractivity contribution in [2.45, 2.75) is 52.9 Å². The van der Waals surface area contributed by atoms with Crippen molar-refractivity contribution in [2.24, 2.45) is 0 Å². The molecule has 0 aliphatic heterocycles. The van der Waals surface area contributed by atoms with E-state index in [1.54, 1.807) is 0 Å². The van der Waals surface area contributed by atoms with Crippen LogP contribution in [0.3, 0.4) is 0 Å². The van der Waals surface area contributed by atoms with E-state index in [2.05, 4.69) is 49.5 Å². The standard InChI is InChI=1S/C10H20N2O.C8H16N2O/c1-5-9(11-10(13)6-2)12(7-3)8-4;1-5-7(10(3)4)9-8(11)6-2/h6,9H,2,5,7-8H2,1,3-4H3,(H,11,13);6-7H,2,5H2,1,3-4H3,(H,9,11). The third kappa shape index (κ3) is 11.0. The minimum atomic E-state index is -0.120. The van der Waals surface area contributed by atoms with Gasteiger partial charge in [0.1, 0.15) is 0 Å². The zero-order valence-corrected chi connectivity index (χ0v) is 16.3. The lowest BCUT2D eigenvalue weighted by molar-refractivity contribution is -0.119. The maximum absolute atomic E-state index is 11.1. The highest BCUT2D eigenvalue weighted by atomic mass is 16.2. The lowest BCUT2D eigenvalue weighted by atomic mass is 10.3. The normalized spacial score (nSPS) is 12.7. The fourth-order valence-corrected chi connectivity index (χ4v) is 2.16. The minimum Gasteiger partial charge on any atom is -0.337 e. The molecule has 0 spiro atoms. The largest absolute Gasteiger partial charge is 0.337 e. The van der Waals surface area contributed by atoms with Crippen LogP contribution in [0, 0.1) is 0 Å². The number of carbonyl (C=O) groups excluding carboxylic acids is 2. The molecule has 0 aliphatic carbocycles. The monoisotopic (exact) mass is 340 g/mol. The van der Waals surface area contributed by atoms with E-state index in [1.807, 2.05) is 25.9 Å². The summed E-state index contributed by atoms with van der Waals surface area (Å²) in [5.41, 5.74) is 0. The summed E-state index contributed by atoms with van der Waals surface area (Å²) < 4.78 is 0. The van der Waals surface area contributed by atoms with Crippen molar-refractivity contribution in [2.75, 3.05) is 27.2 Å². The molecular formula is C18H36N4O2. The summed E-state index contributed by atoms with van der Waals surface area (Å²) in [7, 11) is 3.86. The van der Waals surface area contributed by atoms with Gasteiger partial charge < -0.3 is 10.6 Å². The first-order chi connectivity index (χ1) is 11.3. The van der Waals surface area contributed by atoms with E-state index in [0.29, 0.717) is 0 Å². The quantitative estimate of drug-likeness (QED) is 0.471. The molecular weight excluding hydrogens is 304 g/mol. The summed E-state index contributed by atoms with van der Waals surface area (Å²) in [6.07, 6.45) is 4.66. The molecule has 6 nitrogen and oxygen atoms in total. The second-order valence-electron chi connectivity index (χ2n) is 5.46. The van der Waals surface area contributed by atoms with Crippen LogP contribution in [0.4, 0.5) is 0 Å². The van der Waals surface area contributed by atoms with Crippen molar-refractivity contribution < 1.29 is 9.59 Å². The Hall–Kier alpha value is -1.66. The number of hydrogen-bond acceptors (Lipinski definition) is 4. The molecule has 0 aromatic rings. The fraction of sp³-hybridized carbons (Fsp3) is 0.667. The van der Waals surface area contributed by atoms with Gasteiger partial charge >= 0.3 is 0 Å². The lowest BCUT2D eigenvalue weighted by Gasteiger charge is -2.28. The Bertz CT molecular complexity index is 379. The van der Waals surface area contributed by atoms with Crippen molar-refractivity contribution in [3.05, 3.63) is 25.3 Å². The predicted molar refractivity (Wildman–Crippen MR) is 101 cm³/mol. The Morgan fingerprint density at radius 3 is 1.50 bits per heavy atom. The van der Waals surface area contributed by atoms with Crippen LogP contribution < -0.4 is 10.6 Å². The van der Waals surface area contributed by atoms with Gasteiger partial charge in [0.25, 0.3) is 0 Å². The average molecular weight is 341 g/mol. The van der Waals surface area contributed by atoms with Crippen LogP contribution >= 0.6 is 0 Å². The van der Waals surface area contributed by atoms with Crippen molar-refractivity contribution in [3.63, 3.8) is 0 Å². The molecule has 2 N–H and O–H groups in total. The molecule has 0 aliphatic rings. The molecule has 2 atom stereocenters. The van der Waals surface area contributed by atoms with Crippen molar-refractivity contribution in [1.82, 2.24) is 20.4 Å². The maximum atomic E-state index is 11.1. The summed E-state index contributed by atoms with van der Waals surface area (Å²) in [6, 6.07) is 0. The van der Waals surface area contributed by atoms with Gasteiger partial charge in [-0.05, 0) is 52.2 Å². The molecule has 6 heteroatoms. The first-order valence-corrected chi connectivity index (χ1v) is 8.57. The highest BCUT2D eigenvalue weighted by molar-refractivity contribution is 5.87. The summed E-state index contributed by atoms with van der Waals surface area (Å²) >= 11 is 0. The molecule has 0 bridgehead atoms. The van der Waals surface area contributed by atoms with Gasteiger partial charge in [0.2, 0.25) is 11.8 Å². The molecule has 0 rings (SSSR count). The van der Waals surface area contributed by atoms with E-state index in [-0.39, 0.29) is 24.1 Å². The van der Waals surface area contributed by atoms with Crippen molar-refractivity contribution >= 4 is 11.8 Å². The number of nitrogens with one attached hydrogen (secondary N) is 2. The SMILES string of the molecule is C=CC(=O)NC(CC)N(C)C.C=CC(=O)NC(CC)N(CC)CC. The maximum Gasteiger partial charge on any atom is 0.244 e. The number of carbonyl (C=O) groups is 2. The van der Waals surface area contributed by atoms with Crippen LogP contribution in [-0.4, -0.2) is 61.1 Å². The third-order valence-electron chi connectivity index (χ3n) is 3.64. The third-order valence-corrected chi connectivity index (χ3v) is 3.64. The van der Waals surface area contributed by atoms with Crippen LogP contribution in [0.15, 0.2) is 25.3 Å². The van der Waals surface area contributed by atoms with Gasteiger partial charge in [-0.3, -0.25) is 19.4 Å². The van der Waals surface area contributed by atoms with E-state index < -0.39 is 0 Å². The van der Waals surface area contributed by atoms with Gasteiger partial charge in [-0.25, -0.2) is 0 Å². The Labute approximate surface area is 148 Å². The second kappa shape index (κ2) is 14.9. The van der Waals surface area contributed by atoms with E-state index in [9.17, 15) is 9.59 Å². The van der Waals surface area contributed by atoms with Crippen LogP contribution in [-0.2, 0) is 9.59 Å². The fourth-order valence-electron chi connectivity index (χ4n) is 2.16. The minimum absolute atomic E-state index is 0.0984. The molecule has 0 fully saturated rings. The molecule has 0 radical (unpaired) electrons. The van der Waals surface area contributed by atoms with E-state index in [4.69, 9.17) is 0 Å². The Morgan fingerprint density at radius 2 is 1.25 bits per heavy atom. The summed E-state index contributed by atoms with van der Waals surface area (Å²) in [5, 5.41) is 5.67. The molecule has 0 heterocycles. The van der Waals surface area contributed by atoms with Gasteiger partial charge in [0.05, 0.1) is 12.3 Å². The highest BCUT2D eigenvalue weighted by Gasteiger charge is 2.13. The van der Waals surface area contributed by atoms with Gasteiger partial charge in [0, 0.05) is 0 Å². The molecule has 2 unspecified atom stereocenters. The smallest absolute Gasteiger partial charge is 0.244 e. The lowest BCUT2D eigenvalue weighted by Crippen LogP contribution is -2.47. The van der Waals surface area contributed by atoms with E-state index in [0.717, 1.165) is 25.9 Å². The Kier molecular flexibility index (Phi) is 15.3. The Balaban J connectivity index is 0. The van der Waals surface area contributed by atoms with Crippen LogP contribution in [0.25, 0.3) is 0 Å². The summed E-state index contributed by atoms with van der Waals surface area (Å²) in [5.74, 6) is -0.218. The van der Waals surface area contributed by atoms with Gasteiger partial charge in [0.15, 0.2) is 0 Å². The molecule has 0 aromatic carbocycles. The zero-order valence-electron chi connectivity index (χ0n) is 16.3. The zero-order chi connectivity index (χ0) is 19.1. The number of amides is 2. The first kappa shape index (κ1) is 24.6. The second-order valence-corrected chi connectivity index (χ2v) is 5.46. The highest BCUT2D eigenvalue weighted by Crippen LogP contribution is 1.99. The summed E-state index contributed by atoms with van der Waals surface area (Å²) in [4.78, 5) is 26.1. The molecule has 24 heavy (non-hydrogen) atoms. The van der Waals surface area contributed by atoms with E-state index in [1.165, 1.54) is 12.2 Å². The Morgan fingerprint density at radius 1 is 0.875 bits per heavy atom. The molecule has 0 saturated carbocycles. The van der Waals surface area contributed by atoms with Gasteiger partial charge in [-0.1, -0.05) is 40.9 Å². The number of rotatable bonds is 10. The summed E-state index contributed by atoms with van der Waals surface area (Å²) in [6.45, 7) is 17.0. The molecule has 2 amide bonds.